The molecule has 1 aliphatic heterocycles. The number of nitrogens with zero attached hydrogens (tertiary/aromatic N) is 2. The summed E-state index contributed by atoms with van der Waals surface area (Å²) in [5.74, 6) is 0.247. The summed E-state index contributed by atoms with van der Waals surface area (Å²) in [4.78, 5) is 9.10. The Kier molecular flexibility index (Phi) is 3.13. The van der Waals surface area contributed by atoms with Crippen molar-refractivity contribution in [1.82, 2.24) is 9.97 Å². The number of imidazole rings is 1. The van der Waals surface area contributed by atoms with Crippen LogP contribution in [0.5, 0.6) is 0 Å². The van der Waals surface area contributed by atoms with Crippen LogP contribution in [0.1, 0.15) is 11.4 Å². The van der Waals surface area contributed by atoms with E-state index in [0.717, 1.165) is 11.3 Å². The van der Waals surface area contributed by atoms with Crippen LogP contribution in [0, 0.1) is 18.2 Å². The number of aromatic amines is 1. The molecule has 0 radical (unpaired) electrons. The molecular formula is C18H15FN4O. The summed E-state index contributed by atoms with van der Waals surface area (Å²) in [5, 5.41) is 18.8. The zero-order valence-corrected chi connectivity index (χ0v) is 13.0. The fourth-order valence-electron chi connectivity index (χ4n) is 3.00. The standard InChI is InChI=1S/C18H15FN4O/c1-10-4-2-3-5-14(10)23-9-15(24)16(17(23)20)18-21-12-7-6-11(19)8-13(12)22-18/h2-8,20,24H,9H2,1H3,(H,21,22). The highest BCUT2D eigenvalue weighted by molar-refractivity contribution is 6.30. The van der Waals surface area contributed by atoms with Gasteiger partial charge >= 0.3 is 0 Å². The average Bonchev–Trinajstić information content (AvgIpc) is 3.07. The van der Waals surface area contributed by atoms with Gasteiger partial charge in [-0.05, 0) is 36.8 Å². The first kappa shape index (κ1) is 14.4. The molecule has 0 saturated carbocycles. The van der Waals surface area contributed by atoms with Crippen molar-refractivity contribution in [3.05, 3.63) is 65.4 Å². The first-order valence-electron chi connectivity index (χ1n) is 7.54. The second-order valence-electron chi connectivity index (χ2n) is 5.79. The van der Waals surface area contributed by atoms with Gasteiger partial charge < -0.3 is 15.0 Å². The van der Waals surface area contributed by atoms with Gasteiger partial charge in [0, 0.05) is 5.69 Å². The number of amidine groups is 1. The Hall–Kier alpha value is -3.15. The zero-order chi connectivity index (χ0) is 16.8. The molecule has 0 aliphatic carbocycles. The summed E-state index contributed by atoms with van der Waals surface area (Å²) in [5.41, 5.74) is 3.35. The predicted molar refractivity (Wildman–Crippen MR) is 91.9 cm³/mol. The smallest absolute Gasteiger partial charge is 0.145 e. The fourth-order valence-corrected chi connectivity index (χ4v) is 3.00. The summed E-state index contributed by atoms with van der Waals surface area (Å²) in [6.45, 7) is 2.17. The molecule has 4 rings (SSSR count). The molecule has 6 heteroatoms. The Morgan fingerprint density at radius 3 is 2.83 bits per heavy atom. The lowest BCUT2D eigenvalue weighted by Gasteiger charge is -2.20. The molecule has 0 atom stereocenters. The monoisotopic (exact) mass is 322 g/mol. The number of H-pyrrole nitrogens is 1. The normalized spacial score (nSPS) is 14.9. The third kappa shape index (κ3) is 2.15. The number of para-hydroxylation sites is 1. The van der Waals surface area contributed by atoms with Crippen molar-refractivity contribution >= 4 is 28.1 Å². The second-order valence-corrected chi connectivity index (χ2v) is 5.79. The van der Waals surface area contributed by atoms with Crippen LogP contribution in [0.25, 0.3) is 16.6 Å². The van der Waals surface area contributed by atoms with Crippen LogP contribution in [-0.4, -0.2) is 27.5 Å². The molecule has 0 fully saturated rings. The summed E-state index contributed by atoms with van der Waals surface area (Å²) in [7, 11) is 0. The Morgan fingerprint density at radius 1 is 1.25 bits per heavy atom. The molecule has 3 aromatic rings. The number of rotatable bonds is 2. The third-order valence-corrected chi connectivity index (χ3v) is 4.19. The van der Waals surface area contributed by atoms with E-state index in [9.17, 15) is 9.50 Å². The van der Waals surface area contributed by atoms with Gasteiger partial charge in [-0.3, -0.25) is 5.41 Å². The van der Waals surface area contributed by atoms with Gasteiger partial charge in [0.1, 0.15) is 23.2 Å². The lowest BCUT2D eigenvalue weighted by atomic mass is 10.1. The van der Waals surface area contributed by atoms with Crippen LogP contribution in [-0.2, 0) is 0 Å². The SMILES string of the molecule is Cc1ccccc1N1CC(O)=C(c2nc3ccc(F)cc3[nH]2)C1=N. The maximum absolute atomic E-state index is 13.3. The number of aliphatic hydroxyl groups excluding tert-OH is 1. The molecule has 0 amide bonds. The number of anilines is 1. The summed E-state index contributed by atoms with van der Waals surface area (Å²) < 4.78 is 13.3. The minimum absolute atomic E-state index is 0.0720. The van der Waals surface area contributed by atoms with E-state index < -0.39 is 0 Å². The molecule has 0 saturated heterocycles. The van der Waals surface area contributed by atoms with Crippen LogP contribution in [0.2, 0.25) is 0 Å². The molecule has 0 spiro atoms. The Balaban J connectivity index is 1.76. The van der Waals surface area contributed by atoms with Crippen LogP contribution in [0.4, 0.5) is 10.1 Å². The van der Waals surface area contributed by atoms with E-state index in [-0.39, 0.29) is 24.0 Å². The van der Waals surface area contributed by atoms with Gasteiger partial charge in [-0.2, -0.15) is 0 Å². The van der Waals surface area contributed by atoms with Crippen molar-refractivity contribution in [2.45, 2.75) is 6.92 Å². The van der Waals surface area contributed by atoms with Crippen LogP contribution < -0.4 is 4.90 Å². The maximum atomic E-state index is 13.3. The molecule has 120 valence electrons. The van der Waals surface area contributed by atoms with Crippen molar-refractivity contribution in [3.8, 4) is 0 Å². The van der Waals surface area contributed by atoms with Gasteiger partial charge in [0.2, 0.25) is 0 Å². The van der Waals surface area contributed by atoms with Gasteiger partial charge in [0.25, 0.3) is 0 Å². The van der Waals surface area contributed by atoms with Crippen molar-refractivity contribution in [2.75, 3.05) is 11.4 Å². The van der Waals surface area contributed by atoms with E-state index in [1.807, 2.05) is 31.2 Å². The first-order valence-corrected chi connectivity index (χ1v) is 7.54. The maximum Gasteiger partial charge on any atom is 0.145 e. The topological polar surface area (TPSA) is 76.0 Å². The van der Waals surface area contributed by atoms with Gasteiger partial charge in [0.05, 0.1) is 23.2 Å². The highest BCUT2D eigenvalue weighted by atomic mass is 19.1. The number of hydrogen-bond acceptors (Lipinski definition) is 3. The van der Waals surface area contributed by atoms with E-state index in [1.54, 1.807) is 11.0 Å². The summed E-state index contributed by atoms with van der Waals surface area (Å²) in [6.07, 6.45) is 0. The highest BCUT2D eigenvalue weighted by Crippen LogP contribution is 2.32. The average molecular weight is 322 g/mol. The van der Waals surface area contributed by atoms with E-state index in [2.05, 4.69) is 9.97 Å². The number of halogens is 1. The largest absolute Gasteiger partial charge is 0.509 e. The van der Waals surface area contributed by atoms with Crippen LogP contribution >= 0.6 is 0 Å². The molecule has 0 unspecified atom stereocenters. The number of hydrogen-bond donors (Lipinski definition) is 3. The van der Waals surface area contributed by atoms with E-state index >= 15 is 0 Å². The minimum Gasteiger partial charge on any atom is -0.509 e. The molecule has 24 heavy (non-hydrogen) atoms. The minimum atomic E-state index is -0.362. The third-order valence-electron chi connectivity index (χ3n) is 4.19. The van der Waals surface area contributed by atoms with Crippen molar-refractivity contribution in [2.24, 2.45) is 0 Å². The van der Waals surface area contributed by atoms with Gasteiger partial charge in [-0.25, -0.2) is 9.37 Å². The molecule has 2 aromatic carbocycles. The Morgan fingerprint density at radius 2 is 2.04 bits per heavy atom. The molecule has 3 N–H and O–H groups in total. The quantitative estimate of drug-likeness (QED) is 0.672. The molecule has 2 heterocycles. The lowest BCUT2D eigenvalue weighted by Crippen LogP contribution is -2.26. The van der Waals surface area contributed by atoms with Gasteiger partial charge in [0.15, 0.2) is 0 Å². The Bertz CT molecular complexity index is 1010. The zero-order valence-electron chi connectivity index (χ0n) is 13.0. The van der Waals surface area contributed by atoms with Crippen LogP contribution in [0.15, 0.2) is 48.2 Å². The van der Waals surface area contributed by atoms with Crippen molar-refractivity contribution in [1.29, 1.82) is 5.41 Å². The number of aromatic nitrogens is 2. The summed E-state index contributed by atoms with van der Waals surface area (Å²) in [6, 6.07) is 12.0. The number of fused-ring (bicyclic) bond motifs is 1. The molecule has 1 aliphatic rings. The first-order chi connectivity index (χ1) is 11.5. The fraction of sp³-hybridized carbons (Fsp3) is 0.111. The Labute approximate surface area is 137 Å². The number of aliphatic hydroxyl groups is 1. The predicted octanol–water partition coefficient (Wildman–Crippen LogP) is 3.78. The van der Waals surface area contributed by atoms with E-state index in [4.69, 9.17) is 5.41 Å². The van der Waals surface area contributed by atoms with Crippen molar-refractivity contribution < 1.29 is 9.50 Å². The van der Waals surface area contributed by atoms with Crippen molar-refractivity contribution in [3.63, 3.8) is 0 Å². The number of benzene rings is 2. The van der Waals surface area contributed by atoms with E-state index in [1.165, 1.54) is 12.1 Å². The van der Waals surface area contributed by atoms with Gasteiger partial charge in [-0.15, -0.1) is 0 Å². The van der Waals surface area contributed by atoms with Crippen LogP contribution in [0.3, 0.4) is 0 Å². The number of aryl methyl sites for hydroxylation is 1. The molecule has 0 bridgehead atoms. The number of nitrogens with one attached hydrogen (secondary N) is 2. The van der Waals surface area contributed by atoms with E-state index in [0.29, 0.717) is 22.4 Å². The van der Waals surface area contributed by atoms with Gasteiger partial charge in [-0.1, -0.05) is 18.2 Å². The molecular weight excluding hydrogens is 307 g/mol. The molecule has 5 nitrogen and oxygen atoms in total. The molecule has 1 aromatic heterocycles. The summed E-state index contributed by atoms with van der Waals surface area (Å²) >= 11 is 0. The highest BCUT2D eigenvalue weighted by Gasteiger charge is 2.31. The lowest BCUT2D eigenvalue weighted by molar-refractivity contribution is 0.411. The second kappa shape index (κ2) is 5.19.